The quantitative estimate of drug-likeness (QED) is 0.397. The number of hydrogen-bond donors (Lipinski definition) is 0. The molecule has 7 nitrogen and oxygen atoms in total. The molecule has 0 atom stereocenters. The van der Waals surface area contributed by atoms with Gasteiger partial charge in [-0.25, -0.2) is 14.3 Å². The van der Waals surface area contributed by atoms with Crippen LogP contribution in [-0.2, 0) is 13.1 Å². The van der Waals surface area contributed by atoms with Crippen LogP contribution in [0.25, 0.3) is 16.9 Å². The van der Waals surface area contributed by atoms with E-state index in [2.05, 4.69) is 18.8 Å². The minimum Gasteiger partial charge on any atom is -0.467 e. The molecule has 166 valence electrons. The lowest BCUT2D eigenvalue weighted by Gasteiger charge is -2.13. The number of fused-ring (bicyclic) bond motifs is 1. The Bertz CT molecular complexity index is 1510. The Balaban J connectivity index is 1.74. The lowest BCUT2D eigenvalue weighted by Crippen LogP contribution is -2.40. The Morgan fingerprint density at radius 1 is 0.909 bits per heavy atom. The maximum absolute atomic E-state index is 13.6. The van der Waals surface area contributed by atoms with Crippen LogP contribution in [0.4, 0.5) is 0 Å². The topological polar surface area (TPSA) is 75.0 Å². The highest BCUT2D eigenvalue weighted by Crippen LogP contribution is 2.19. The first kappa shape index (κ1) is 20.8. The van der Waals surface area contributed by atoms with Gasteiger partial charge in [0.15, 0.2) is 11.2 Å². The van der Waals surface area contributed by atoms with E-state index >= 15 is 0 Å². The van der Waals surface area contributed by atoms with Crippen LogP contribution in [0, 0.1) is 0 Å². The monoisotopic (exact) mass is 440 g/mol. The fraction of sp³-hybridized carbons (Fsp3) is 0.192. The molecule has 0 fully saturated rings. The second-order valence-corrected chi connectivity index (χ2v) is 8.37. The summed E-state index contributed by atoms with van der Waals surface area (Å²) in [7, 11) is 0. The highest BCUT2D eigenvalue weighted by Gasteiger charge is 2.20. The van der Waals surface area contributed by atoms with Crippen LogP contribution >= 0.6 is 0 Å². The van der Waals surface area contributed by atoms with E-state index in [4.69, 9.17) is 4.42 Å². The minimum absolute atomic E-state index is 0.0429. The van der Waals surface area contributed by atoms with Gasteiger partial charge >= 0.3 is 5.69 Å². The molecule has 0 unspecified atom stereocenters. The maximum atomic E-state index is 13.6. The molecule has 3 heterocycles. The summed E-state index contributed by atoms with van der Waals surface area (Å²) in [5, 5.41) is 0. The molecule has 0 aliphatic rings. The Morgan fingerprint density at radius 3 is 2.33 bits per heavy atom. The van der Waals surface area contributed by atoms with Crippen molar-refractivity contribution < 1.29 is 4.42 Å². The van der Waals surface area contributed by atoms with Gasteiger partial charge in [-0.05, 0) is 41.3 Å². The molecule has 5 aromatic rings. The van der Waals surface area contributed by atoms with Crippen LogP contribution in [-0.4, -0.2) is 18.7 Å². The standard InChI is InChI=1S/C26H24N4O3/c1-18(2)20-10-12-21(13-11-20)30-24-23(28(17-27-24)15-19-7-4-3-5-8-19)25(31)29(26(30)32)16-22-9-6-14-33-22/h3-14,17-18H,15-16H2,1-2H3. The summed E-state index contributed by atoms with van der Waals surface area (Å²) in [4.78, 5) is 31.6. The fourth-order valence-corrected chi connectivity index (χ4v) is 4.02. The zero-order valence-corrected chi connectivity index (χ0v) is 18.5. The van der Waals surface area contributed by atoms with E-state index < -0.39 is 11.2 Å². The Hall–Kier alpha value is -4.13. The number of imidazole rings is 1. The molecule has 0 N–H and O–H groups in total. The van der Waals surface area contributed by atoms with Crippen LogP contribution < -0.4 is 11.2 Å². The minimum atomic E-state index is -0.453. The fourth-order valence-electron chi connectivity index (χ4n) is 4.02. The summed E-state index contributed by atoms with van der Waals surface area (Å²) in [5.74, 6) is 0.901. The predicted molar refractivity (Wildman–Crippen MR) is 127 cm³/mol. The van der Waals surface area contributed by atoms with Crippen molar-refractivity contribution in [3.8, 4) is 5.69 Å². The molecular formula is C26H24N4O3. The van der Waals surface area contributed by atoms with E-state index in [1.165, 1.54) is 21.0 Å². The van der Waals surface area contributed by atoms with Gasteiger partial charge in [-0.15, -0.1) is 0 Å². The van der Waals surface area contributed by atoms with Crippen molar-refractivity contribution in [1.29, 1.82) is 0 Å². The first-order valence-electron chi connectivity index (χ1n) is 10.9. The molecule has 2 aromatic carbocycles. The van der Waals surface area contributed by atoms with E-state index in [1.807, 2.05) is 54.6 Å². The van der Waals surface area contributed by atoms with E-state index in [0.29, 0.717) is 35.1 Å². The molecule has 0 bridgehead atoms. The highest BCUT2D eigenvalue weighted by molar-refractivity contribution is 5.72. The molecule has 33 heavy (non-hydrogen) atoms. The van der Waals surface area contributed by atoms with Gasteiger partial charge in [0.05, 0.1) is 24.8 Å². The zero-order chi connectivity index (χ0) is 22.9. The van der Waals surface area contributed by atoms with E-state index in [-0.39, 0.29) is 6.54 Å². The van der Waals surface area contributed by atoms with Gasteiger partial charge in [0, 0.05) is 6.54 Å². The molecule has 0 amide bonds. The Labute approximate surface area is 190 Å². The Kier molecular flexibility index (Phi) is 5.30. The normalized spacial score (nSPS) is 11.5. The van der Waals surface area contributed by atoms with Gasteiger partial charge in [-0.1, -0.05) is 56.3 Å². The molecule has 0 aliphatic carbocycles. The van der Waals surface area contributed by atoms with Gasteiger partial charge in [0.25, 0.3) is 5.56 Å². The lowest BCUT2D eigenvalue weighted by molar-refractivity contribution is 0.482. The van der Waals surface area contributed by atoms with Gasteiger partial charge in [0.2, 0.25) is 0 Å². The highest BCUT2D eigenvalue weighted by atomic mass is 16.3. The number of rotatable bonds is 6. The molecule has 0 saturated carbocycles. The van der Waals surface area contributed by atoms with E-state index in [0.717, 1.165) is 5.56 Å². The van der Waals surface area contributed by atoms with Crippen LogP contribution in [0.15, 0.2) is 93.3 Å². The average molecular weight is 441 g/mol. The van der Waals surface area contributed by atoms with Crippen molar-refractivity contribution in [1.82, 2.24) is 18.7 Å². The zero-order valence-electron chi connectivity index (χ0n) is 18.5. The molecular weight excluding hydrogens is 416 g/mol. The van der Waals surface area contributed by atoms with Crippen molar-refractivity contribution in [2.75, 3.05) is 0 Å². The van der Waals surface area contributed by atoms with Gasteiger partial charge in [0.1, 0.15) is 5.76 Å². The maximum Gasteiger partial charge on any atom is 0.337 e. The molecule has 7 heteroatoms. The lowest BCUT2D eigenvalue weighted by atomic mass is 10.0. The summed E-state index contributed by atoms with van der Waals surface area (Å²) >= 11 is 0. The van der Waals surface area contributed by atoms with Crippen LogP contribution in [0.1, 0.15) is 36.7 Å². The largest absolute Gasteiger partial charge is 0.467 e. The summed E-state index contributed by atoms with van der Waals surface area (Å²) < 4.78 is 9.93. The summed E-state index contributed by atoms with van der Waals surface area (Å²) in [6, 6.07) is 21.1. The molecule has 0 radical (unpaired) electrons. The SMILES string of the molecule is CC(C)c1ccc(-n2c(=O)n(Cc3ccco3)c(=O)c3c2ncn3Cc2ccccc2)cc1. The van der Waals surface area contributed by atoms with E-state index in [9.17, 15) is 9.59 Å². The third-order valence-electron chi connectivity index (χ3n) is 5.81. The first-order chi connectivity index (χ1) is 16.0. The van der Waals surface area contributed by atoms with Crippen LogP contribution in [0.5, 0.6) is 0 Å². The van der Waals surface area contributed by atoms with Crippen molar-refractivity contribution in [3.05, 3.63) is 117 Å². The first-order valence-corrected chi connectivity index (χ1v) is 10.9. The molecule has 0 spiro atoms. The number of hydrogen-bond acceptors (Lipinski definition) is 4. The van der Waals surface area contributed by atoms with Crippen molar-refractivity contribution in [2.24, 2.45) is 0 Å². The Morgan fingerprint density at radius 2 is 1.67 bits per heavy atom. The molecule has 5 rings (SSSR count). The van der Waals surface area contributed by atoms with Gasteiger partial charge in [-0.3, -0.25) is 9.36 Å². The number of nitrogens with zero attached hydrogens (tertiary/aromatic N) is 4. The number of aromatic nitrogens is 4. The van der Waals surface area contributed by atoms with Gasteiger partial charge < -0.3 is 8.98 Å². The van der Waals surface area contributed by atoms with Crippen molar-refractivity contribution >= 4 is 11.2 Å². The van der Waals surface area contributed by atoms with Crippen molar-refractivity contribution in [2.45, 2.75) is 32.9 Å². The smallest absolute Gasteiger partial charge is 0.337 e. The van der Waals surface area contributed by atoms with E-state index in [1.54, 1.807) is 23.0 Å². The average Bonchev–Trinajstić information content (AvgIpc) is 3.48. The third kappa shape index (κ3) is 3.82. The van der Waals surface area contributed by atoms with Crippen LogP contribution in [0.3, 0.4) is 0 Å². The number of benzene rings is 2. The summed E-state index contributed by atoms with van der Waals surface area (Å²) in [6.07, 6.45) is 3.15. The molecule has 0 aliphatic heterocycles. The summed E-state index contributed by atoms with van der Waals surface area (Å²) in [5.41, 5.74) is 2.73. The predicted octanol–water partition coefficient (Wildman–Crippen LogP) is 4.16. The van der Waals surface area contributed by atoms with Gasteiger partial charge in [-0.2, -0.15) is 0 Å². The second-order valence-electron chi connectivity index (χ2n) is 8.37. The third-order valence-corrected chi connectivity index (χ3v) is 5.81. The summed E-state index contributed by atoms with van der Waals surface area (Å²) in [6.45, 7) is 4.75. The van der Waals surface area contributed by atoms with Crippen LogP contribution in [0.2, 0.25) is 0 Å². The second kappa shape index (κ2) is 8.43. The van der Waals surface area contributed by atoms with Crippen molar-refractivity contribution in [3.63, 3.8) is 0 Å². The molecule has 3 aromatic heterocycles. The number of furan rings is 1. The molecule has 0 saturated heterocycles.